The van der Waals surface area contributed by atoms with Crippen molar-refractivity contribution >= 4 is 11.9 Å². The van der Waals surface area contributed by atoms with Crippen molar-refractivity contribution in [2.24, 2.45) is 10.8 Å². The summed E-state index contributed by atoms with van der Waals surface area (Å²) in [7, 11) is 0. The number of fused-ring (bicyclic) bond motifs is 1. The molecule has 3 fully saturated rings. The Morgan fingerprint density at radius 1 is 1.45 bits per heavy atom. The van der Waals surface area contributed by atoms with Crippen molar-refractivity contribution < 1.29 is 42.1 Å². The number of halogens is 3. The van der Waals surface area contributed by atoms with Crippen LogP contribution in [0.5, 0.6) is 0 Å². The summed E-state index contributed by atoms with van der Waals surface area (Å²) in [5.41, 5.74) is -3.86. The van der Waals surface area contributed by atoms with Crippen LogP contribution in [0.25, 0.3) is 0 Å². The molecule has 3 aliphatic rings. The Hall–Kier alpha value is -1.35. The number of esters is 2. The molecule has 124 valence electrons. The van der Waals surface area contributed by atoms with Crippen molar-refractivity contribution in [3.63, 3.8) is 0 Å². The summed E-state index contributed by atoms with van der Waals surface area (Å²) in [4.78, 5) is 23.7. The first-order chi connectivity index (χ1) is 10.0. The number of aliphatic hydroxyl groups excluding tert-OH is 1. The first kappa shape index (κ1) is 15.5. The van der Waals surface area contributed by atoms with Gasteiger partial charge in [0, 0.05) is 6.42 Å². The van der Waals surface area contributed by atoms with Crippen molar-refractivity contribution in [1.82, 2.24) is 0 Å². The molecule has 3 aliphatic heterocycles. The smallest absolute Gasteiger partial charge is 0.407 e. The molecule has 3 saturated heterocycles. The van der Waals surface area contributed by atoms with Crippen LogP contribution < -0.4 is 0 Å². The molecule has 9 heteroatoms. The lowest BCUT2D eigenvalue weighted by atomic mass is 9.73. The minimum Gasteiger partial charge on any atom is -0.455 e. The van der Waals surface area contributed by atoms with Gasteiger partial charge >= 0.3 is 18.1 Å². The maximum atomic E-state index is 13.3. The molecular weight excluding hydrogens is 309 g/mol. The highest BCUT2D eigenvalue weighted by atomic mass is 19.4. The zero-order valence-electron chi connectivity index (χ0n) is 11.8. The summed E-state index contributed by atoms with van der Waals surface area (Å²) < 4.78 is 55.0. The van der Waals surface area contributed by atoms with Gasteiger partial charge in [-0.2, -0.15) is 13.2 Å². The van der Waals surface area contributed by atoms with Gasteiger partial charge < -0.3 is 19.3 Å². The molecule has 0 aromatic heterocycles. The molecule has 5 unspecified atom stereocenters. The van der Waals surface area contributed by atoms with Crippen molar-refractivity contribution in [1.29, 1.82) is 0 Å². The van der Waals surface area contributed by atoms with E-state index in [4.69, 9.17) is 19.3 Å². The van der Waals surface area contributed by atoms with E-state index in [0.717, 1.165) is 0 Å². The number of hydrogen-bond donors (Lipinski definition) is 1. The fraction of sp³-hybridized carbons (Fsp3) is 0.846. The topological polar surface area (TPSA) is 82.1 Å². The Morgan fingerprint density at radius 2 is 2.09 bits per heavy atom. The van der Waals surface area contributed by atoms with Crippen LogP contribution in [-0.2, 0) is 23.8 Å². The summed E-state index contributed by atoms with van der Waals surface area (Å²) in [6.45, 7) is 2.39. The Kier molecular flexibility index (Phi) is 3.07. The van der Waals surface area contributed by atoms with Crippen LogP contribution in [0.1, 0.15) is 20.3 Å². The summed E-state index contributed by atoms with van der Waals surface area (Å²) in [5, 5.41) is 9.13. The molecule has 3 heterocycles. The fourth-order valence-corrected chi connectivity index (χ4v) is 3.16. The third kappa shape index (κ3) is 1.75. The molecule has 6 nitrogen and oxygen atoms in total. The summed E-state index contributed by atoms with van der Waals surface area (Å²) in [5.74, 6) is -2.16. The van der Waals surface area contributed by atoms with Crippen LogP contribution in [0.4, 0.5) is 13.2 Å². The van der Waals surface area contributed by atoms with Crippen molar-refractivity contribution in [2.75, 3.05) is 6.61 Å². The van der Waals surface area contributed by atoms with Gasteiger partial charge in [0.25, 0.3) is 0 Å². The van der Waals surface area contributed by atoms with Crippen LogP contribution in [0, 0.1) is 10.8 Å². The highest BCUT2D eigenvalue weighted by Crippen LogP contribution is 2.62. The number of ether oxygens (including phenoxy) is 3. The molecule has 3 rings (SSSR count). The summed E-state index contributed by atoms with van der Waals surface area (Å²) in [6, 6.07) is 0. The van der Waals surface area contributed by atoms with E-state index in [1.807, 2.05) is 0 Å². The molecule has 0 aromatic rings. The van der Waals surface area contributed by atoms with Gasteiger partial charge in [0.2, 0.25) is 0 Å². The second-order valence-electron chi connectivity index (χ2n) is 6.55. The molecular formula is C13H15F3O6. The maximum absolute atomic E-state index is 13.3. The number of hydrogen-bond acceptors (Lipinski definition) is 6. The molecule has 0 radical (unpaired) electrons. The number of carbonyl (C=O) groups is 2. The predicted octanol–water partition coefficient (Wildman–Crippen LogP) is 0.562. The molecule has 0 aliphatic carbocycles. The van der Waals surface area contributed by atoms with Gasteiger partial charge in [-0.25, -0.2) is 0 Å². The van der Waals surface area contributed by atoms with Gasteiger partial charge in [-0.3, -0.25) is 9.59 Å². The van der Waals surface area contributed by atoms with E-state index in [9.17, 15) is 22.8 Å². The van der Waals surface area contributed by atoms with Crippen LogP contribution in [0.15, 0.2) is 0 Å². The SMILES string of the molecule is CC(C)(CO)C(=O)OC1C2CC3(C(F)(F)F)C(=O)OC1C3O2. The van der Waals surface area contributed by atoms with E-state index in [-0.39, 0.29) is 0 Å². The lowest BCUT2D eigenvalue weighted by Gasteiger charge is -2.31. The first-order valence-electron chi connectivity index (χ1n) is 6.80. The molecule has 22 heavy (non-hydrogen) atoms. The lowest BCUT2D eigenvalue weighted by Crippen LogP contribution is -2.52. The third-order valence-electron chi connectivity index (χ3n) is 4.62. The van der Waals surface area contributed by atoms with Gasteiger partial charge in [0.15, 0.2) is 17.6 Å². The molecule has 0 aromatic carbocycles. The zero-order valence-corrected chi connectivity index (χ0v) is 11.8. The van der Waals surface area contributed by atoms with Crippen molar-refractivity contribution in [2.45, 2.75) is 50.9 Å². The van der Waals surface area contributed by atoms with E-state index in [1.165, 1.54) is 13.8 Å². The largest absolute Gasteiger partial charge is 0.455 e. The maximum Gasteiger partial charge on any atom is 0.407 e. The molecule has 1 N–H and O–H groups in total. The molecule has 0 amide bonds. The second kappa shape index (κ2) is 4.35. The Bertz CT molecular complexity index is 530. The van der Waals surface area contributed by atoms with E-state index in [0.29, 0.717) is 0 Å². The average Bonchev–Trinajstić information content (AvgIpc) is 3.00. The standard InChI is InChI=1S/C13H15F3O6/c1-11(2,4-17)9(18)21-6-5-3-12(13(14,15)16)8(20-5)7(6)22-10(12)19/h5-8,17H,3-4H2,1-2H3. The van der Waals surface area contributed by atoms with Crippen molar-refractivity contribution in [3.8, 4) is 0 Å². The van der Waals surface area contributed by atoms with E-state index < -0.39 is 66.4 Å². The highest BCUT2D eigenvalue weighted by Gasteiger charge is 2.82. The van der Waals surface area contributed by atoms with Crippen molar-refractivity contribution in [3.05, 3.63) is 0 Å². The lowest BCUT2D eigenvalue weighted by molar-refractivity contribution is -0.228. The zero-order chi connectivity index (χ0) is 16.5. The van der Waals surface area contributed by atoms with Gasteiger partial charge in [0.05, 0.1) is 12.0 Å². The minimum atomic E-state index is -4.78. The van der Waals surface area contributed by atoms with Gasteiger partial charge in [-0.1, -0.05) is 0 Å². The third-order valence-corrected chi connectivity index (χ3v) is 4.62. The fourth-order valence-electron chi connectivity index (χ4n) is 3.16. The highest BCUT2D eigenvalue weighted by molar-refractivity contribution is 5.83. The monoisotopic (exact) mass is 324 g/mol. The second-order valence-corrected chi connectivity index (χ2v) is 6.55. The molecule has 2 bridgehead atoms. The van der Waals surface area contributed by atoms with E-state index in [1.54, 1.807) is 0 Å². The van der Waals surface area contributed by atoms with E-state index >= 15 is 0 Å². The van der Waals surface area contributed by atoms with Gasteiger partial charge in [0.1, 0.15) is 12.2 Å². The number of alkyl halides is 3. The normalized spacial score (nSPS) is 40.0. The van der Waals surface area contributed by atoms with Gasteiger partial charge in [-0.05, 0) is 13.8 Å². The Morgan fingerprint density at radius 3 is 2.64 bits per heavy atom. The minimum absolute atomic E-state index is 0.482. The van der Waals surface area contributed by atoms with Crippen LogP contribution in [-0.4, -0.2) is 54.2 Å². The number of carbonyl (C=O) groups excluding carboxylic acids is 2. The quantitative estimate of drug-likeness (QED) is 0.764. The van der Waals surface area contributed by atoms with Crippen LogP contribution in [0.3, 0.4) is 0 Å². The molecule has 0 saturated carbocycles. The molecule has 0 spiro atoms. The summed E-state index contributed by atoms with van der Waals surface area (Å²) in [6.07, 6.45) is -10.3. The van der Waals surface area contributed by atoms with Crippen LogP contribution in [0.2, 0.25) is 0 Å². The number of aliphatic hydroxyl groups is 1. The average molecular weight is 324 g/mol. The Balaban J connectivity index is 1.83. The Labute approximate surface area is 123 Å². The van der Waals surface area contributed by atoms with E-state index in [2.05, 4.69) is 0 Å². The molecule has 5 atom stereocenters. The number of rotatable bonds is 3. The van der Waals surface area contributed by atoms with Crippen LogP contribution >= 0.6 is 0 Å². The predicted molar refractivity (Wildman–Crippen MR) is 62.4 cm³/mol. The first-order valence-corrected chi connectivity index (χ1v) is 6.80. The summed E-state index contributed by atoms with van der Waals surface area (Å²) >= 11 is 0. The van der Waals surface area contributed by atoms with Gasteiger partial charge in [-0.15, -0.1) is 0 Å².